The van der Waals surface area contributed by atoms with Crippen LogP contribution in [0.2, 0.25) is 0 Å². The molecule has 2 heterocycles. The topological polar surface area (TPSA) is 69.0 Å². The first-order valence-corrected chi connectivity index (χ1v) is 8.02. The summed E-state index contributed by atoms with van der Waals surface area (Å²) in [6, 6.07) is 5.58. The van der Waals surface area contributed by atoms with Crippen molar-refractivity contribution in [2.24, 2.45) is 7.05 Å². The summed E-state index contributed by atoms with van der Waals surface area (Å²) in [6.07, 6.45) is 6.76. The zero-order valence-electron chi connectivity index (χ0n) is 13.6. The van der Waals surface area contributed by atoms with Crippen molar-refractivity contribution in [2.45, 2.75) is 45.3 Å². The lowest BCUT2D eigenvalue weighted by atomic mass is 10.2. The molecule has 23 heavy (non-hydrogen) atoms. The third kappa shape index (κ3) is 3.88. The third-order valence-corrected chi connectivity index (χ3v) is 4.07. The van der Waals surface area contributed by atoms with Crippen LogP contribution in [0.3, 0.4) is 0 Å². The minimum Gasteiger partial charge on any atom is -0.474 e. The normalized spacial score (nSPS) is 14.9. The Morgan fingerprint density at radius 3 is 2.78 bits per heavy atom. The molecule has 1 aliphatic carbocycles. The molecule has 2 aromatic heterocycles. The summed E-state index contributed by atoms with van der Waals surface area (Å²) in [4.78, 5) is 16.5. The average Bonchev–Trinajstić information content (AvgIpc) is 3.15. The maximum atomic E-state index is 12.1. The van der Waals surface area contributed by atoms with E-state index in [0.717, 1.165) is 24.1 Å². The summed E-state index contributed by atoms with van der Waals surface area (Å²) in [6.45, 7) is 2.30. The molecule has 122 valence electrons. The average molecular weight is 314 g/mol. The first-order chi connectivity index (χ1) is 11.1. The Balaban J connectivity index is 1.53. The zero-order valence-corrected chi connectivity index (χ0v) is 13.6. The number of hydrogen-bond acceptors (Lipinski definition) is 4. The Bertz CT molecular complexity index is 672. The van der Waals surface area contributed by atoms with Crippen molar-refractivity contribution in [3.8, 4) is 5.88 Å². The number of aromatic nitrogens is 3. The van der Waals surface area contributed by atoms with Crippen LogP contribution in [0, 0.1) is 6.92 Å². The van der Waals surface area contributed by atoms with Gasteiger partial charge in [0, 0.05) is 25.9 Å². The number of pyridine rings is 1. The molecule has 0 atom stereocenters. The van der Waals surface area contributed by atoms with Gasteiger partial charge in [-0.2, -0.15) is 5.10 Å². The molecule has 1 fully saturated rings. The van der Waals surface area contributed by atoms with E-state index in [1.807, 2.05) is 19.1 Å². The number of nitrogens with zero attached hydrogens (tertiary/aromatic N) is 3. The van der Waals surface area contributed by atoms with Gasteiger partial charge in [-0.05, 0) is 44.2 Å². The number of carbonyl (C=O) groups excluding carboxylic acids is 1. The van der Waals surface area contributed by atoms with E-state index in [2.05, 4.69) is 15.4 Å². The molecule has 6 nitrogen and oxygen atoms in total. The molecule has 0 aliphatic heterocycles. The largest absolute Gasteiger partial charge is 0.474 e. The van der Waals surface area contributed by atoms with Crippen LogP contribution in [0.1, 0.15) is 47.4 Å². The fourth-order valence-electron chi connectivity index (χ4n) is 2.86. The van der Waals surface area contributed by atoms with Gasteiger partial charge in [0.1, 0.15) is 11.8 Å². The highest BCUT2D eigenvalue weighted by Crippen LogP contribution is 2.22. The molecule has 6 heteroatoms. The second kappa shape index (κ2) is 6.81. The van der Waals surface area contributed by atoms with Crippen LogP contribution in [0.5, 0.6) is 5.88 Å². The van der Waals surface area contributed by atoms with Crippen molar-refractivity contribution in [1.29, 1.82) is 0 Å². The molecule has 1 saturated carbocycles. The Labute approximate surface area is 135 Å². The number of amides is 1. The van der Waals surface area contributed by atoms with Crippen molar-refractivity contribution in [2.75, 3.05) is 0 Å². The predicted molar refractivity (Wildman–Crippen MR) is 86.2 cm³/mol. The molecule has 0 bridgehead atoms. The van der Waals surface area contributed by atoms with Crippen molar-refractivity contribution >= 4 is 5.91 Å². The van der Waals surface area contributed by atoms with Crippen molar-refractivity contribution in [3.05, 3.63) is 41.3 Å². The van der Waals surface area contributed by atoms with Gasteiger partial charge < -0.3 is 10.1 Å². The maximum absolute atomic E-state index is 12.1. The third-order valence-electron chi connectivity index (χ3n) is 4.07. The van der Waals surface area contributed by atoms with E-state index in [1.165, 1.54) is 12.8 Å². The van der Waals surface area contributed by atoms with Gasteiger partial charge in [0.15, 0.2) is 0 Å². The van der Waals surface area contributed by atoms with Crippen molar-refractivity contribution < 1.29 is 9.53 Å². The number of aryl methyl sites for hydroxylation is 2. The van der Waals surface area contributed by atoms with Gasteiger partial charge in [0.25, 0.3) is 5.91 Å². The summed E-state index contributed by atoms with van der Waals surface area (Å²) < 4.78 is 7.42. The standard InChI is InChI=1S/C17H22N4O2/c1-12-9-15(21(2)20-12)17(22)19-11-13-7-8-16(18-10-13)23-14-5-3-4-6-14/h7-10,14H,3-6,11H2,1-2H3,(H,19,22). The van der Waals surface area contributed by atoms with Gasteiger partial charge in [0.05, 0.1) is 5.69 Å². The van der Waals surface area contributed by atoms with E-state index in [9.17, 15) is 4.79 Å². The molecule has 0 spiro atoms. The number of rotatable bonds is 5. The fourth-order valence-corrected chi connectivity index (χ4v) is 2.86. The molecule has 1 N–H and O–H groups in total. The molecule has 0 unspecified atom stereocenters. The SMILES string of the molecule is Cc1cc(C(=O)NCc2ccc(OC3CCCC3)nc2)n(C)n1. The van der Waals surface area contributed by atoms with Crippen LogP contribution in [0.4, 0.5) is 0 Å². The van der Waals surface area contributed by atoms with Gasteiger partial charge in [-0.25, -0.2) is 4.98 Å². The van der Waals surface area contributed by atoms with Gasteiger partial charge >= 0.3 is 0 Å². The quantitative estimate of drug-likeness (QED) is 0.920. The summed E-state index contributed by atoms with van der Waals surface area (Å²) in [5, 5.41) is 7.06. The van der Waals surface area contributed by atoms with Gasteiger partial charge in [0.2, 0.25) is 5.88 Å². The van der Waals surface area contributed by atoms with E-state index >= 15 is 0 Å². The highest BCUT2D eigenvalue weighted by atomic mass is 16.5. The van der Waals surface area contributed by atoms with Crippen LogP contribution in [0.25, 0.3) is 0 Å². The smallest absolute Gasteiger partial charge is 0.269 e. The lowest BCUT2D eigenvalue weighted by Crippen LogP contribution is -2.25. The van der Waals surface area contributed by atoms with E-state index in [-0.39, 0.29) is 5.91 Å². The molecule has 0 aromatic carbocycles. The summed E-state index contributed by atoms with van der Waals surface area (Å²) in [5.74, 6) is 0.522. The zero-order chi connectivity index (χ0) is 16.2. The molecule has 0 radical (unpaired) electrons. The van der Waals surface area contributed by atoms with E-state index in [4.69, 9.17) is 4.74 Å². The molecule has 1 aliphatic rings. The van der Waals surface area contributed by atoms with E-state index < -0.39 is 0 Å². The number of ether oxygens (including phenoxy) is 1. The van der Waals surface area contributed by atoms with E-state index in [0.29, 0.717) is 24.2 Å². The molecular formula is C17H22N4O2. The van der Waals surface area contributed by atoms with Crippen molar-refractivity contribution in [3.63, 3.8) is 0 Å². The van der Waals surface area contributed by atoms with E-state index in [1.54, 1.807) is 24.0 Å². The second-order valence-electron chi connectivity index (χ2n) is 6.01. The van der Waals surface area contributed by atoms with Crippen LogP contribution in [-0.4, -0.2) is 26.8 Å². The fraction of sp³-hybridized carbons (Fsp3) is 0.471. The number of hydrogen-bond donors (Lipinski definition) is 1. The molecule has 0 saturated heterocycles. The predicted octanol–water partition coefficient (Wildman–Crippen LogP) is 2.37. The van der Waals surface area contributed by atoms with Crippen LogP contribution in [0.15, 0.2) is 24.4 Å². The maximum Gasteiger partial charge on any atom is 0.269 e. The van der Waals surface area contributed by atoms with Gasteiger partial charge in [-0.3, -0.25) is 9.48 Å². The monoisotopic (exact) mass is 314 g/mol. The molecular weight excluding hydrogens is 292 g/mol. The molecule has 1 amide bonds. The van der Waals surface area contributed by atoms with Gasteiger partial charge in [-0.15, -0.1) is 0 Å². The molecule has 3 rings (SSSR count). The Hall–Kier alpha value is -2.37. The summed E-state index contributed by atoms with van der Waals surface area (Å²) in [7, 11) is 1.76. The Morgan fingerprint density at radius 1 is 1.39 bits per heavy atom. The number of carbonyl (C=O) groups is 1. The lowest BCUT2D eigenvalue weighted by molar-refractivity contribution is 0.0941. The minimum atomic E-state index is -0.139. The highest BCUT2D eigenvalue weighted by Gasteiger charge is 2.17. The summed E-state index contributed by atoms with van der Waals surface area (Å²) >= 11 is 0. The first-order valence-electron chi connectivity index (χ1n) is 8.02. The Morgan fingerprint density at radius 2 is 2.17 bits per heavy atom. The first kappa shape index (κ1) is 15.5. The van der Waals surface area contributed by atoms with Crippen LogP contribution >= 0.6 is 0 Å². The van der Waals surface area contributed by atoms with Crippen molar-refractivity contribution in [1.82, 2.24) is 20.1 Å². The lowest BCUT2D eigenvalue weighted by Gasteiger charge is -2.12. The van der Waals surface area contributed by atoms with Crippen LogP contribution < -0.4 is 10.1 Å². The highest BCUT2D eigenvalue weighted by molar-refractivity contribution is 5.92. The minimum absolute atomic E-state index is 0.139. The second-order valence-corrected chi connectivity index (χ2v) is 6.01. The Kier molecular flexibility index (Phi) is 4.60. The molecule has 2 aromatic rings. The van der Waals surface area contributed by atoms with Gasteiger partial charge in [-0.1, -0.05) is 6.07 Å². The van der Waals surface area contributed by atoms with Crippen LogP contribution in [-0.2, 0) is 13.6 Å². The number of nitrogens with one attached hydrogen (secondary N) is 1. The summed E-state index contributed by atoms with van der Waals surface area (Å²) in [5.41, 5.74) is 2.32.